The predicted octanol–water partition coefficient (Wildman–Crippen LogP) is 2.41. The fourth-order valence-corrected chi connectivity index (χ4v) is 3.02. The van der Waals surface area contributed by atoms with Crippen LogP contribution in [0.3, 0.4) is 0 Å². The van der Waals surface area contributed by atoms with Crippen molar-refractivity contribution in [3.8, 4) is 11.5 Å². The molecule has 7 heteroatoms. The summed E-state index contributed by atoms with van der Waals surface area (Å²) in [6.07, 6.45) is 2.07. The van der Waals surface area contributed by atoms with Crippen molar-refractivity contribution >= 4 is 11.8 Å². The Kier molecular flexibility index (Phi) is 7.47. The van der Waals surface area contributed by atoms with Crippen LogP contribution in [0.25, 0.3) is 0 Å². The molecule has 2 aromatic carbocycles. The lowest BCUT2D eigenvalue weighted by atomic mass is 10.1. The van der Waals surface area contributed by atoms with E-state index < -0.39 is 0 Å². The Bertz CT molecular complexity index is 816. The molecule has 2 amide bonds. The molecule has 1 unspecified atom stereocenters. The molecule has 2 aromatic rings. The lowest BCUT2D eigenvalue weighted by Crippen LogP contribution is -2.32. The van der Waals surface area contributed by atoms with Gasteiger partial charge in [0.25, 0.3) is 11.8 Å². The van der Waals surface area contributed by atoms with E-state index in [1.165, 1.54) is 0 Å². The molecule has 2 N–H and O–H groups in total. The average molecular weight is 398 g/mol. The van der Waals surface area contributed by atoms with Crippen LogP contribution in [0, 0.1) is 0 Å². The SMILES string of the molecule is COc1ccc(OCCNC(=O)c2cccc(C(=O)NCC3CCCO3)c2)cc1. The maximum absolute atomic E-state index is 12.3. The molecule has 7 nitrogen and oxygen atoms in total. The lowest BCUT2D eigenvalue weighted by Gasteiger charge is -2.11. The topological polar surface area (TPSA) is 85.9 Å². The van der Waals surface area contributed by atoms with Crippen LogP contribution in [0.15, 0.2) is 48.5 Å². The molecule has 0 radical (unpaired) electrons. The maximum atomic E-state index is 12.3. The van der Waals surface area contributed by atoms with E-state index in [-0.39, 0.29) is 17.9 Å². The third kappa shape index (κ3) is 6.22. The number of hydrogen-bond acceptors (Lipinski definition) is 5. The fraction of sp³-hybridized carbons (Fsp3) is 0.364. The minimum absolute atomic E-state index is 0.0798. The summed E-state index contributed by atoms with van der Waals surface area (Å²) >= 11 is 0. The van der Waals surface area contributed by atoms with Gasteiger partial charge in [0.05, 0.1) is 19.8 Å². The quantitative estimate of drug-likeness (QED) is 0.634. The predicted molar refractivity (Wildman–Crippen MR) is 109 cm³/mol. The summed E-state index contributed by atoms with van der Waals surface area (Å²) in [6, 6.07) is 13.9. The lowest BCUT2D eigenvalue weighted by molar-refractivity contribution is 0.0857. The molecule has 1 atom stereocenters. The van der Waals surface area contributed by atoms with Crippen molar-refractivity contribution in [3.05, 3.63) is 59.7 Å². The van der Waals surface area contributed by atoms with Gasteiger partial charge in [0, 0.05) is 24.3 Å². The average Bonchev–Trinajstić information content (AvgIpc) is 3.29. The van der Waals surface area contributed by atoms with Gasteiger partial charge in [0.1, 0.15) is 18.1 Å². The first-order valence-corrected chi connectivity index (χ1v) is 9.70. The van der Waals surface area contributed by atoms with Crippen molar-refractivity contribution < 1.29 is 23.8 Å². The van der Waals surface area contributed by atoms with Gasteiger partial charge in [-0.1, -0.05) is 6.07 Å². The van der Waals surface area contributed by atoms with E-state index >= 15 is 0 Å². The molecule has 1 fully saturated rings. The van der Waals surface area contributed by atoms with Gasteiger partial charge >= 0.3 is 0 Å². The minimum atomic E-state index is -0.253. The molecule has 0 spiro atoms. The van der Waals surface area contributed by atoms with E-state index in [1.54, 1.807) is 43.5 Å². The highest BCUT2D eigenvalue weighted by Gasteiger charge is 2.17. The highest BCUT2D eigenvalue weighted by atomic mass is 16.5. The second kappa shape index (κ2) is 10.5. The molecule has 1 saturated heterocycles. The van der Waals surface area contributed by atoms with Crippen molar-refractivity contribution in [2.24, 2.45) is 0 Å². The number of carbonyl (C=O) groups excluding carboxylic acids is 2. The van der Waals surface area contributed by atoms with Crippen LogP contribution in [0.2, 0.25) is 0 Å². The fourth-order valence-electron chi connectivity index (χ4n) is 3.02. The molecule has 0 saturated carbocycles. The van der Waals surface area contributed by atoms with Crippen molar-refractivity contribution in [3.63, 3.8) is 0 Å². The second-order valence-electron chi connectivity index (χ2n) is 6.71. The van der Waals surface area contributed by atoms with Crippen LogP contribution in [-0.2, 0) is 4.74 Å². The van der Waals surface area contributed by atoms with E-state index in [1.807, 2.05) is 12.1 Å². The Morgan fingerprint density at radius 1 is 1.03 bits per heavy atom. The van der Waals surface area contributed by atoms with Crippen LogP contribution < -0.4 is 20.1 Å². The number of amides is 2. The van der Waals surface area contributed by atoms with Crippen LogP contribution in [0.5, 0.6) is 11.5 Å². The summed E-state index contributed by atoms with van der Waals surface area (Å²) in [5.41, 5.74) is 0.879. The number of nitrogens with one attached hydrogen (secondary N) is 2. The smallest absolute Gasteiger partial charge is 0.251 e. The number of ether oxygens (including phenoxy) is 3. The Hall–Kier alpha value is -3.06. The Labute approximate surface area is 170 Å². The summed E-state index contributed by atoms with van der Waals surface area (Å²) in [6.45, 7) is 1.91. The Morgan fingerprint density at radius 2 is 1.72 bits per heavy atom. The molecule has 0 aliphatic carbocycles. The highest BCUT2D eigenvalue weighted by Crippen LogP contribution is 2.16. The zero-order valence-corrected chi connectivity index (χ0v) is 16.5. The third-order valence-corrected chi connectivity index (χ3v) is 4.62. The maximum Gasteiger partial charge on any atom is 0.251 e. The molecule has 3 rings (SSSR count). The summed E-state index contributed by atoms with van der Waals surface area (Å²) in [7, 11) is 1.61. The van der Waals surface area contributed by atoms with Crippen LogP contribution in [-0.4, -0.2) is 51.3 Å². The van der Waals surface area contributed by atoms with E-state index in [0.717, 1.165) is 25.2 Å². The van der Waals surface area contributed by atoms with Crippen molar-refractivity contribution in [1.82, 2.24) is 10.6 Å². The van der Waals surface area contributed by atoms with Crippen LogP contribution in [0.1, 0.15) is 33.6 Å². The highest BCUT2D eigenvalue weighted by molar-refractivity contribution is 5.99. The van der Waals surface area contributed by atoms with Gasteiger partial charge in [-0.2, -0.15) is 0 Å². The normalized spacial score (nSPS) is 15.6. The zero-order valence-electron chi connectivity index (χ0n) is 16.5. The molecule has 0 bridgehead atoms. The van der Waals surface area contributed by atoms with Gasteiger partial charge in [-0.05, 0) is 55.3 Å². The third-order valence-electron chi connectivity index (χ3n) is 4.62. The first-order chi connectivity index (χ1) is 14.2. The standard InChI is InChI=1S/C22H26N2O5/c1-27-18-7-9-19(10-8-18)29-13-11-23-21(25)16-4-2-5-17(14-16)22(26)24-15-20-6-3-12-28-20/h2,4-5,7-10,14,20H,3,6,11-13,15H2,1H3,(H,23,25)(H,24,26). The summed E-state index contributed by atoms with van der Waals surface area (Å²) < 4.78 is 16.2. The number of hydrogen-bond donors (Lipinski definition) is 2. The number of benzene rings is 2. The summed E-state index contributed by atoms with van der Waals surface area (Å²) in [5.74, 6) is 0.991. The van der Waals surface area contributed by atoms with Gasteiger partial charge < -0.3 is 24.8 Å². The van der Waals surface area contributed by atoms with E-state index in [0.29, 0.717) is 36.6 Å². The van der Waals surface area contributed by atoms with Crippen molar-refractivity contribution in [2.45, 2.75) is 18.9 Å². The van der Waals surface area contributed by atoms with Gasteiger partial charge in [-0.15, -0.1) is 0 Å². The molecule has 1 heterocycles. The molecule has 154 valence electrons. The van der Waals surface area contributed by atoms with Gasteiger partial charge in [-0.3, -0.25) is 9.59 Å². The van der Waals surface area contributed by atoms with Crippen molar-refractivity contribution in [2.75, 3.05) is 33.4 Å². The Balaban J connectivity index is 1.43. The zero-order chi connectivity index (χ0) is 20.5. The number of rotatable bonds is 9. The number of carbonyl (C=O) groups is 2. The largest absolute Gasteiger partial charge is 0.497 e. The first kappa shape index (κ1) is 20.7. The van der Waals surface area contributed by atoms with Crippen molar-refractivity contribution in [1.29, 1.82) is 0 Å². The molecule has 29 heavy (non-hydrogen) atoms. The monoisotopic (exact) mass is 398 g/mol. The van der Waals surface area contributed by atoms with E-state index in [2.05, 4.69) is 10.6 Å². The first-order valence-electron chi connectivity index (χ1n) is 9.70. The number of methoxy groups -OCH3 is 1. The molecule has 1 aliphatic rings. The summed E-state index contributed by atoms with van der Waals surface area (Å²) in [4.78, 5) is 24.7. The summed E-state index contributed by atoms with van der Waals surface area (Å²) in [5, 5.41) is 5.66. The van der Waals surface area contributed by atoms with Crippen LogP contribution in [0.4, 0.5) is 0 Å². The molecular formula is C22H26N2O5. The van der Waals surface area contributed by atoms with Crippen LogP contribution >= 0.6 is 0 Å². The second-order valence-corrected chi connectivity index (χ2v) is 6.71. The molecule has 0 aromatic heterocycles. The minimum Gasteiger partial charge on any atom is -0.497 e. The van der Waals surface area contributed by atoms with Gasteiger partial charge in [0.15, 0.2) is 0 Å². The molecule has 1 aliphatic heterocycles. The van der Waals surface area contributed by atoms with Gasteiger partial charge in [0.2, 0.25) is 0 Å². The van der Waals surface area contributed by atoms with E-state index in [9.17, 15) is 9.59 Å². The van der Waals surface area contributed by atoms with E-state index in [4.69, 9.17) is 14.2 Å². The molecular weight excluding hydrogens is 372 g/mol. The Morgan fingerprint density at radius 3 is 2.38 bits per heavy atom. The van der Waals surface area contributed by atoms with Gasteiger partial charge in [-0.25, -0.2) is 0 Å².